The Labute approximate surface area is 196 Å². The molecule has 0 N–H and O–H groups in total. The van der Waals surface area contributed by atoms with E-state index in [9.17, 15) is 9.59 Å². The van der Waals surface area contributed by atoms with Crippen molar-refractivity contribution in [1.29, 1.82) is 0 Å². The molecule has 0 atom stereocenters. The Morgan fingerprint density at radius 3 is 1.13 bits per heavy atom. The largest absolute Gasteiger partial charge is 0.431 e. The van der Waals surface area contributed by atoms with E-state index in [-0.39, 0.29) is 10.8 Å². The summed E-state index contributed by atoms with van der Waals surface area (Å²) in [4.78, 5) is 25.7. The first kappa shape index (κ1) is 30.9. The second-order valence-corrected chi connectivity index (χ2v) is 22.1. The fraction of sp³-hybridized carbons (Fsp3) is 0.917. The zero-order valence-electron chi connectivity index (χ0n) is 22.0. The quantitative estimate of drug-likeness (QED) is 0.129. The van der Waals surface area contributed by atoms with Crippen LogP contribution in [0.25, 0.3) is 0 Å². The number of carbonyl (C=O) groups excluding carboxylic acids is 2. The highest BCUT2D eigenvalue weighted by Gasteiger charge is 2.45. The molecule has 0 rings (SSSR count). The summed E-state index contributed by atoms with van der Waals surface area (Å²) in [6.45, 7) is 16.4. The van der Waals surface area contributed by atoms with E-state index in [1.165, 1.54) is 51.4 Å². The van der Waals surface area contributed by atoms with Crippen LogP contribution in [-0.2, 0) is 17.8 Å². The Hall–Kier alpha value is -0.0894. The average Bonchev–Trinajstić information content (AvgIpc) is 2.65. The van der Waals surface area contributed by atoms with Crippen LogP contribution in [0.1, 0.15) is 104 Å². The van der Waals surface area contributed by atoms with Gasteiger partial charge in [-0.15, -0.1) is 0 Å². The van der Waals surface area contributed by atoms with E-state index in [4.69, 9.17) is 8.23 Å². The van der Waals surface area contributed by atoms with Gasteiger partial charge in [-0.2, -0.15) is 0 Å². The molecular formula is C24H52O4Si3. The molecule has 7 heteroatoms. The van der Waals surface area contributed by atoms with E-state index >= 15 is 0 Å². The van der Waals surface area contributed by atoms with Crippen LogP contribution in [0.4, 0.5) is 0 Å². The zero-order chi connectivity index (χ0) is 24.0. The molecule has 0 radical (unpaired) electrons. The van der Waals surface area contributed by atoms with E-state index < -0.39 is 25.2 Å². The molecule has 0 heterocycles. The van der Waals surface area contributed by atoms with Crippen molar-refractivity contribution in [3.63, 3.8) is 0 Å². The molecule has 0 aromatic carbocycles. The van der Waals surface area contributed by atoms with Crippen LogP contribution in [-0.4, -0.2) is 36.0 Å². The van der Waals surface area contributed by atoms with Gasteiger partial charge in [0.25, 0.3) is 0 Å². The third-order valence-corrected chi connectivity index (χ3v) is 17.1. The van der Waals surface area contributed by atoms with Gasteiger partial charge in [-0.25, -0.2) is 0 Å². The molecule has 0 aliphatic heterocycles. The number of carbonyl (C=O) groups is 2. The highest BCUT2D eigenvalue weighted by Crippen LogP contribution is 2.24. The number of rotatable bonds is 20. The standard InChI is InChI=1S/C24H52O4Si3/c1-9-11-13-15-17-19-21-23(25)29(3,4)27-31(7,8)28-30(5,6)24(26)22-20-18-16-14-12-10-2/h9-22H2,1-8H3. The van der Waals surface area contributed by atoms with E-state index in [0.29, 0.717) is 12.8 Å². The Balaban J connectivity index is 4.52. The van der Waals surface area contributed by atoms with Crippen molar-refractivity contribution in [1.82, 2.24) is 0 Å². The molecule has 4 nitrogen and oxygen atoms in total. The first-order valence-corrected chi connectivity index (χ1v) is 21.5. The highest BCUT2D eigenvalue weighted by molar-refractivity contribution is 7.07. The molecule has 0 bridgehead atoms. The van der Waals surface area contributed by atoms with E-state index in [1.54, 1.807) is 0 Å². The Kier molecular flexibility index (Phi) is 15.6. The fourth-order valence-corrected chi connectivity index (χ4v) is 16.9. The van der Waals surface area contributed by atoms with E-state index in [0.717, 1.165) is 25.7 Å². The lowest BCUT2D eigenvalue weighted by Crippen LogP contribution is -2.57. The van der Waals surface area contributed by atoms with Gasteiger partial charge in [-0.3, -0.25) is 0 Å². The molecular weight excluding hydrogens is 437 g/mol. The molecule has 0 aromatic heterocycles. The Morgan fingerprint density at radius 2 is 0.806 bits per heavy atom. The predicted molar refractivity (Wildman–Crippen MR) is 141 cm³/mol. The van der Waals surface area contributed by atoms with Crippen molar-refractivity contribution in [3.8, 4) is 0 Å². The van der Waals surface area contributed by atoms with Crippen LogP contribution in [0.3, 0.4) is 0 Å². The van der Waals surface area contributed by atoms with Crippen LogP contribution < -0.4 is 0 Å². The molecule has 0 saturated carbocycles. The maximum atomic E-state index is 12.8. The lowest BCUT2D eigenvalue weighted by molar-refractivity contribution is -0.114. The lowest BCUT2D eigenvalue weighted by atomic mass is 10.1. The van der Waals surface area contributed by atoms with Crippen molar-refractivity contribution in [2.75, 3.05) is 0 Å². The summed E-state index contributed by atoms with van der Waals surface area (Å²) >= 11 is 0. The first-order chi connectivity index (χ1) is 14.4. The summed E-state index contributed by atoms with van der Waals surface area (Å²) in [5.41, 5.74) is 0. The van der Waals surface area contributed by atoms with Crippen LogP contribution in [0.5, 0.6) is 0 Å². The van der Waals surface area contributed by atoms with E-state index in [1.807, 2.05) is 39.3 Å². The van der Waals surface area contributed by atoms with Gasteiger partial charge in [0, 0.05) is 12.8 Å². The fourth-order valence-electron chi connectivity index (χ4n) is 4.10. The van der Waals surface area contributed by atoms with Gasteiger partial charge in [0.05, 0.1) is 0 Å². The second-order valence-electron chi connectivity index (χ2n) is 10.5. The van der Waals surface area contributed by atoms with Crippen LogP contribution in [0.2, 0.25) is 39.3 Å². The number of hydrogen-bond acceptors (Lipinski definition) is 4. The third kappa shape index (κ3) is 14.6. The van der Waals surface area contributed by atoms with Gasteiger partial charge in [-0.1, -0.05) is 78.1 Å². The van der Waals surface area contributed by atoms with Gasteiger partial charge in [0.2, 0.25) is 16.6 Å². The van der Waals surface area contributed by atoms with Gasteiger partial charge >= 0.3 is 8.56 Å². The maximum Gasteiger partial charge on any atom is 0.311 e. The SMILES string of the molecule is CCCCCCCCC(=O)[Si](C)(C)O[Si](C)(C)O[Si](C)(C)C(=O)CCCCCCCC. The molecule has 0 spiro atoms. The molecule has 0 aromatic rings. The van der Waals surface area contributed by atoms with Crippen LogP contribution in [0.15, 0.2) is 0 Å². The van der Waals surface area contributed by atoms with Gasteiger partial charge in [0.15, 0.2) is 0 Å². The lowest BCUT2D eigenvalue weighted by Gasteiger charge is -2.37. The minimum Gasteiger partial charge on any atom is -0.431 e. The topological polar surface area (TPSA) is 52.6 Å². The first-order valence-electron chi connectivity index (χ1n) is 12.8. The van der Waals surface area contributed by atoms with Gasteiger partial charge < -0.3 is 17.8 Å². The molecule has 31 heavy (non-hydrogen) atoms. The molecule has 0 aliphatic rings. The smallest absolute Gasteiger partial charge is 0.311 e. The normalized spacial score (nSPS) is 12.9. The van der Waals surface area contributed by atoms with Crippen molar-refractivity contribution in [3.05, 3.63) is 0 Å². The zero-order valence-corrected chi connectivity index (χ0v) is 25.0. The predicted octanol–water partition coefficient (Wildman–Crippen LogP) is 7.85. The molecule has 0 unspecified atom stereocenters. The average molecular weight is 489 g/mol. The van der Waals surface area contributed by atoms with Gasteiger partial charge in [0.1, 0.15) is 10.8 Å². The third-order valence-electron chi connectivity index (χ3n) is 5.86. The molecule has 0 saturated heterocycles. The number of hydrogen-bond donors (Lipinski definition) is 0. The molecule has 0 aliphatic carbocycles. The van der Waals surface area contributed by atoms with E-state index in [2.05, 4.69) is 13.8 Å². The highest BCUT2D eigenvalue weighted by atomic mass is 28.5. The minimum atomic E-state index is -2.55. The molecule has 184 valence electrons. The summed E-state index contributed by atoms with van der Waals surface area (Å²) in [5, 5.41) is 0.565. The summed E-state index contributed by atoms with van der Waals surface area (Å²) in [7, 11) is -7.52. The second kappa shape index (κ2) is 15.7. The monoisotopic (exact) mass is 488 g/mol. The van der Waals surface area contributed by atoms with Crippen molar-refractivity contribution >= 4 is 36.0 Å². The summed E-state index contributed by atoms with van der Waals surface area (Å²) < 4.78 is 12.9. The number of unbranched alkanes of at least 4 members (excludes halogenated alkanes) is 10. The molecule has 0 amide bonds. The Bertz CT molecular complexity index is 475. The summed E-state index contributed by atoms with van der Waals surface area (Å²) in [5.74, 6) is 0. The van der Waals surface area contributed by atoms with Crippen molar-refractivity contribution in [2.45, 2.75) is 143 Å². The summed E-state index contributed by atoms with van der Waals surface area (Å²) in [6, 6.07) is 0. The summed E-state index contributed by atoms with van der Waals surface area (Å²) in [6.07, 6.45) is 15.4. The minimum absolute atomic E-state index is 0.282. The van der Waals surface area contributed by atoms with Gasteiger partial charge in [-0.05, 0) is 52.1 Å². The molecule has 0 fully saturated rings. The maximum absolute atomic E-state index is 12.8. The Morgan fingerprint density at radius 1 is 0.516 bits per heavy atom. The van der Waals surface area contributed by atoms with Crippen LogP contribution >= 0.6 is 0 Å². The van der Waals surface area contributed by atoms with Crippen molar-refractivity contribution in [2.24, 2.45) is 0 Å². The van der Waals surface area contributed by atoms with Crippen molar-refractivity contribution < 1.29 is 17.8 Å². The van der Waals surface area contributed by atoms with Crippen LogP contribution in [0, 0.1) is 0 Å².